The van der Waals surface area contributed by atoms with Gasteiger partial charge < -0.3 is 15.9 Å². The van der Waals surface area contributed by atoms with Crippen molar-refractivity contribution in [1.82, 2.24) is 9.66 Å². The fraction of sp³-hybridized carbons (Fsp3) is 0. The minimum atomic E-state index is -0.955. The van der Waals surface area contributed by atoms with Crippen LogP contribution in [0.25, 0.3) is 11.0 Å². The average Bonchev–Trinajstić information content (AvgIpc) is 2.25. The summed E-state index contributed by atoms with van der Waals surface area (Å²) in [6.07, 6.45) is 0. The number of hydrogen-bond donors (Lipinski definition) is 3. The van der Waals surface area contributed by atoms with Gasteiger partial charge >= 0.3 is 11.1 Å². The molecule has 0 amide bonds. The zero-order chi connectivity index (χ0) is 12.0. The number of hydrogen-bond acceptors (Lipinski definition) is 4. The number of nitrogens with two attached hydrogens (primary N) is 1. The standard InChI is InChI=1S/C8H5Cl2N3O3/c9-2-1-3-5(6(14)4(2)10)12-7(15)8(16)13(3)11/h1,14H,11H2,(H,12,15). The monoisotopic (exact) mass is 261 g/mol. The Kier molecular flexibility index (Phi) is 2.32. The molecule has 0 aliphatic heterocycles. The highest BCUT2D eigenvalue weighted by Gasteiger charge is 2.14. The number of nitrogens with zero attached hydrogens (tertiary/aromatic N) is 1. The normalized spacial score (nSPS) is 10.9. The van der Waals surface area contributed by atoms with Crippen LogP contribution in [0.1, 0.15) is 0 Å². The molecule has 2 rings (SSSR count). The second-order valence-electron chi connectivity index (χ2n) is 3.04. The van der Waals surface area contributed by atoms with E-state index in [1.165, 1.54) is 6.07 Å². The van der Waals surface area contributed by atoms with Gasteiger partial charge in [-0.3, -0.25) is 9.59 Å². The maximum Gasteiger partial charge on any atom is 0.334 e. The predicted octanol–water partition coefficient (Wildman–Crippen LogP) is 0.416. The van der Waals surface area contributed by atoms with Crippen molar-refractivity contribution in [3.8, 4) is 5.75 Å². The summed E-state index contributed by atoms with van der Waals surface area (Å²) in [6.45, 7) is 0. The van der Waals surface area contributed by atoms with Crippen LogP contribution in [-0.4, -0.2) is 14.8 Å². The number of aromatic hydroxyl groups is 1. The first kappa shape index (κ1) is 10.8. The molecular weight excluding hydrogens is 257 g/mol. The quantitative estimate of drug-likeness (QED) is 0.473. The van der Waals surface area contributed by atoms with Gasteiger partial charge in [0.2, 0.25) is 0 Å². The van der Waals surface area contributed by atoms with Crippen molar-refractivity contribution in [3.63, 3.8) is 0 Å². The third-order valence-corrected chi connectivity index (χ3v) is 2.86. The van der Waals surface area contributed by atoms with E-state index in [1.807, 2.05) is 0 Å². The van der Waals surface area contributed by atoms with Crippen molar-refractivity contribution < 1.29 is 5.11 Å². The van der Waals surface area contributed by atoms with Crippen LogP contribution in [0, 0.1) is 0 Å². The molecule has 6 nitrogen and oxygen atoms in total. The van der Waals surface area contributed by atoms with Crippen LogP contribution in [0.5, 0.6) is 5.75 Å². The number of nitrogens with one attached hydrogen (secondary N) is 1. The zero-order valence-corrected chi connectivity index (χ0v) is 9.13. The van der Waals surface area contributed by atoms with Crippen molar-refractivity contribution in [2.24, 2.45) is 0 Å². The second kappa shape index (κ2) is 3.43. The van der Waals surface area contributed by atoms with Gasteiger partial charge in [-0.25, -0.2) is 4.68 Å². The van der Waals surface area contributed by atoms with E-state index in [0.29, 0.717) is 4.68 Å². The van der Waals surface area contributed by atoms with E-state index in [0.717, 1.165) is 0 Å². The first-order valence-electron chi connectivity index (χ1n) is 4.04. The Morgan fingerprint density at radius 3 is 2.62 bits per heavy atom. The molecule has 1 aromatic heterocycles. The lowest BCUT2D eigenvalue weighted by molar-refractivity contribution is 0.480. The van der Waals surface area contributed by atoms with E-state index < -0.39 is 16.9 Å². The minimum Gasteiger partial charge on any atom is -0.504 e. The third-order valence-electron chi connectivity index (χ3n) is 2.09. The number of nitrogen functional groups attached to an aromatic ring is 1. The van der Waals surface area contributed by atoms with Gasteiger partial charge in [0, 0.05) is 0 Å². The Hall–Kier alpha value is -1.66. The van der Waals surface area contributed by atoms with Crippen LogP contribution in [0.15, 0.2) is 15.7 Å². The topological polar surface area (TPSA) is 101 Å². The van der Waals surface area contributed by atoms with E-state index in [2.05, 4.69) is 4.98 Å². The Morgan fingerprint density at radius 2 is 2.00 bits per heavy atom. The molecular formula is C8H5Cl2N3O3. The molecule has 1 aromatic carbocycles. The highest BCUT2D eigenvalue weighted by molar-refractivity contribution is 6.43. The second-order valence-corrected chi connectivity index (χ2v) is 3.83. The molecule has 2 aromatic rings. The van der Waals surface area contributed by atoms with E-state index in [4.69, 9.17) is 29.0 Å². The highest BCUT2D eigenvalue weighted by Crippen LogP contribution is 2.35. The zero-order valence-electron chi connectivity index (χ0n) is 7.62. The molecule has 0 aliphatic carbocycles. The fourth-order valence-corrected chi connectivity index (χ4v) is 1.64. The van der Waals surface area contributed by atoms with Crippen molar-refractivity contribution in [1.29, 1.82) is 0 Å². The van der Waals surface area contributed by atoms with Gasteiger partial charge in [-0.05, 0) is 6.07 Å². The lowest BCUT2D eigenvalue weighted by Gasteiger charge is -2.07. The van der Waals surface area contributed by atoms with Gasteiger partial charge in [0.25, 0.3) is 0 Å². The summed E-state index contributed by atoms with van der Waals surface area (Å²) < 4.78 is 0.593. The molecule has 0 saturated heterocycles. The largest absolute Gasteiger partial charge is 0.504 e. The molecule has 0 bridgehead atoms. The minimum absolute atomic E-state index is 0.0253. The van der Waals surface area contributed by atoms with Crippen LogP contribution in [0.4, 0.5) is 0 Å². The molecule has 0 saturated carbocycles. The van der Waals surface area contributed by atoms with Gasteiger partial charge in [-0.2, -0.15) is 0 Å². The van der Waals surface area contributed by atoms with Gasteiger partial charge in [0.1, 0.15) is 10.5 Å². The summed E-state index contributed by atoms with van der Waals surface area (Å²) in [6, 6.07) is 1.27. The molecule has 84 valence electrons. The summed E-state index contributed by atoms with van der Waals surface area (Å²) in [5.41, 5.74) is -1.87. The number of phenolic OH excluding ortho intramolecular Hbond substituents is 1. The van der Waals surface area contributed by atoms with E-state index >= 15 is 0 Å². The molecule has 0 unspecified atom stereocenters. The smallest absolute Gasteiger partial charge is 0.334 e. The van der Waals surface area contributed by atoms with Crippen molar-refractivity contribution in [2.75, 3.05) is 5.84 Å². The molecule has 0 fully saturated rings. The molecule has 1 heterocycles. The molecule has 0 radical (unpaired) electrons. The molecule has 16 heavy (non-hydrogen) atoms. The van der Waals surface area contributed by atoms with Crippen molar-refractivity contribution >= 4 is 34.2 Å². The first-order chi connectivity index (χ1) is 7.43. The van der Waals surface area contributed by atoms with Crippen LogP contribution < -0.4 is 17.0 Å². The van der Waals surface area contributed by atoms with Crippen LogP contribution in [-0.2, 0) is 0 Å². The molecule has 0 atom stereocenters. The number of rotatable bonds is 0. The Balaban J connectivity index is 3.15. The highest BCUT2D eigenvalue weighted by atomic mass is 35.5. The van der Waals surface area contributed by atoms with Crippen molar-refractivity contribution in [2.45, 2.75) is 0 Å². The Bertz CT molecular complexity index is 704. The maximum absolute atomic E-state index is 11.2. The average molecular weight is 262 g/mol. The van der Waals surface area contributed by atoms with Gasteiger partial charge in [-0.15, -0.1) is 0 Å². The predicted molar refractivity (Wildman–Crippen MR) is 60.7 cm³/mol. The Morgan fingerprint density at radius 1 is 1.38 bits per heavy atom. The number of halogens is 2. The summed E-state index contributed by atoms with van der Waals surface area (Å²) in [4.78, 5) is 24.5. The number of phenols is 1. The molecule has 4 N–H and O–H groups in total. The number of aromatic amines is 1. The van der Waals surface area contributed by atoms with Gasteiger partial charge in [0.05, 0.1) is 10.5 Å². The Labute approximate surface area is 97.8 Å². The number of aromatic nitrogens is 2. The van der Waals surface area contributed by atoms with E-state index in [9.17, 15) is 14.7 Å². The fourth-order valence-electron chi connectivity index (χ4n) is 1.30. The van der Waals surface area contributed by atoms with Crippen LogP contribution >= 0.6 is 23.2 Å². The number of fused-ring (bicyclic) bond motifs is 1. The van der Waals surface area contributed by atoms with Crippen LogP contribution in [0.2, 0.25) is 10.0 Å². The molecule has 0 spiro atoms. The summed E-state index contributed by atoms with van der Waals surface area (Å²) in [5, 5.41) is 9.52. The lowest BCUT2D eigenvalue weighted by atomic mass is 10.2. The summed E-state index contributed by atoms with van der Waals surface area (Å²) >= 11 is 11.4. The van der Waals surface area contributed by atoms with Crippen molar-refractivity contribution in [3.05, 3.63) is 36.8 Å². The van der Waals surface area contributed by atoms with Gasteiger partial charge in [0.15, 0.2) is 5.75 Å². The summed E-state index contributed by atoms with van der Waals surface area (Å²) in [7, 11) is 0. The molecule has 8 heteroatoms. The summed E-state index contributed by atoms with van der Waals surface area (Å²) in [5.74, 6) is 4.95. The maximum atomic E-state index is 11.2. The lowest BCUT2D eigenvalue weighted by Crippen LogP contribution is -2.40. The first-order valence-corrected chi connectivity index (χ1v) is 4.80. The van der Waals surface area contributed by atoms with Crippen LogP contribution in [0.3, 0.4) is 0 Å². The van der Waals surface area contributed by atoms with E-state index in [1.54, 1.807) is 0 Å². The molecule has 0 aliphatic rings. The van der Waals surface area contributed by atoms with E-state index in [-0.39, 0.29) is 21.1 Å². The third kappa shape index (κ3) is 1.35. The van der Waals surface area contributed by atoms with Gasteiger partial charge in [-0.1, -0.05) is 23.2 Å². The SMILES string of the molecule is Nn1c(=O)c(=O)[nH]c2c(O)c(Cl)c(Cl)cc21. The number of H-pyrrole nitrogens is 1. The number of benzene rings is 1.